The minimum absolute atomic E-state index is 0.210. The average Bonchev–Trinajstić information content (AvgIpc) is 3.07. The summed E-state index contributed by atoms with van der Waals surface area (Å²) in [5.74, 6) is 0.891. The smallest absolute Gasteiger partial charge is 0.257 e. The van der Waals surface area contributed by atoms with Crippen LogP contribution < -0.4 is 15.4 Å². The molecular weight excluding hydrogens is 402 g/mol. The number of hydrogen-bond donors (Lipinski definition) is 2. The zero-order chi connectivity index (χ0) is 21.0. The number of thiocarbonyl (C=S) groups is 1. The highest BCUT2D eigenvalue weighted by molar-refractivity contribution is 7.80. The second-order valence-electron chi connectivity index (χ2n) is 6.84. The van der Waals surface area contributed by atoms with Gasteiger partial charge in [-0.25, -0.2) is 4.98 Å². The molecule has 7 heteroatoms. The molecule has 0 saturated heterocycles. The zero-order valence-corrected chi connectivity index (χ0v) is 18.4. The van der Waals surface area contributed by atoms with Crippen molar-refractivity contribution in [1.82, 2.24) is 10.3 Å². The van der Waals surface area contributed by atoms with E-state index in [1.807, 2.05) is 6.92 Å². The Hall–Kier alpha value is -2.77. The predicted octanol–water partition coefficient (Wildman–Crippen LogP) is 5.38. The second-order valence-corrected chi connectivity index (χ2v) is 8.45. The van der Waals surface area contributed by atoms with Gasteiger partial charge in [0.15, 0.2) is 10.2 Å². The van der Waals surface area contributed by atoms with Gasteiger partial charge in [-0.1, -0.05) is 38.1 Å². The molecule has 0 unspecified atom stereocenters. The van der Waals surface area contributed by atoms with Gasteiger partial charge in [0.2, 0.25) is 0 Å². The fourth-order valence-electron chi connectivity index (χ4n) is 2.79. The van der Waals surface area contributed by atoms with E-state index in [1.165, 1.54) is 16.9 Å². The number of ether oxygens (including phenoxy) is 1. The van der Waals surface area contributed by atoms with Crippen molar-refractivity contribution >= 4 is 39.7 Å². The van der Waals surface area contributed by atoms with Crippen molar-refractivity contribution in [2.45, 2.75) is 26.7 Å². The first-order valence-electron chi connectivity index (χ1n) is 9.21. The first-order chi connectivity index (χ1) is 13.9. The van der Waals surface area contributed by atoms with Crippen LogP contribution in [0.2, 0.25) is 0 Å². The molecule has 1 aromatic heterocycles. The number of aromatic nitrogens is 1. The summed E-state index contributed by atoms with van der Waals surface area (Å²) in [7, 11) is 1.58. The molecule has 1 amide bonds. The molecule has 1 heterocycles. The standard InChI is InChI=1S/C22H23N3O2S2/c1-13(2)15-5-7-16(8-6-15)19-14(3)29-22(23-19)25-21(28)24-20(26)17-9-11-18(27-4)12-10-17/h5-13H,1-4H3,(H2,23,24,25,26,28). The lowest BCUT2D eigenvalue weighted by atomic mass is 10.0. The Labute approximate surface area is 180 Å². The summed E-state index contributed by atoms with van der Waals surface area (Å²) in [6.07, 6.45) is 0. The molecule has 0 aliphatic carbocycles. The maximum absolute atomic E-state index is 12.3. The quantitative estimate of drug-likeness (QED) is 0.538. The number of nitrogens with one attached hydrogen (secondary N) is 2. The van der Waals surface area contributed by atoms with Gasteiger partial charge in [-0.15, -0.1) is 11.3 Å². The number of carbonyl (C=O) groups is 1. The van der Waals surface area contributed by atoms with Crippen molar-refractivity contribution in [2.75, 3.05) is 12.4 Å². The van der Waals surface area contributed by atoms with Gasteiger partial charge in [-0.05, 0) is 54.9 Å². The van der Waals surface area contributed by atoms with Crippen LogP contribution in [0, 0.1) is 6.92 Å². The van der Waals surface area contributed by atoms with Crippen molar-refractivity contribution in [3.05, 3.63) is 64.5 Å². The van der Waals surface area contributed by atoms with Gasteiger partial charge in [0, 0.05) is 16.0 Å². The Morgan fingerprint density at radius 2 is 1.76 bits per heavy atom. The molecule has 0 atom stereocenters. The van der Waals surface area contributed by atoms with Crippen LogP contribution in [0.4, 0.5) is 5.13 Å². The van der Waals surface area contributed by atoms with Gasteiger partial charge in [0.1, 0.15) is 5.75 Å². The van der Waals surface area contributed by atoms with Crippen LogP contribution in [0.3, 0.4) is 0 Å². The summed E-state index contributed by atoms with van der Waals surface area (Å²) in [5.41, 5.74) is 3.76. The third-order valence-electron chi connectivity index (χ3n) is 4.45. The van der Waals surface area contributed by atoms with Gasteiger partial charge >= 0.3 is 0 Å². The molecule has 3 aromatic rings. The maximum Gasteiger partial charge on any atom is 0.257 e. The first-order valence-corrected chi connectivity index (χ1v) is 10.4. The number of benzene rings is 2. The summed E-state index contributed by atoms with van der Waals surface area (Å²) in [4.78, 5) is 18.1. The van der Waals surface area contributed by atoms with Gasteiger partial charge in [-0.3, -0.25) is 10.1 Å². The Balaban J connectivity index is 1.66. The molecule has 0 aliphatic rings. The molecule has 29 heavy (non-hydrogen) atoms. The monoisotopic (exact) mass is 425 g/mol. The van der Waals surface area contributed by atoms with Crippen LogP contribution in [-0.4, -0.2) is 23.1 Å². The lowest BCUT2D eigenvalue weighted by Gasteiger charge is -2.08. The molecular formula is C22H23N3O2S2. The van der Waals surface area contributed by atoms with Crippen molar-refractivity contribution in [3.63, 3.8) is 0 Å². The van der Waals surface area contributed by atoms with Crippen LogP contribution in [0.25, 0.3) is 11.3 Å². The molecule has 0 saturated carbocycles. The Morgan fingerprint density at radius 1 is 1.10 bits per heavy atom. The van der Waals surface area contributed by atoms with Crippen molar-refractivity contribution in [3.8, 4) is 17.0 Å². The van der Waals surface area contributed by atoms with E-state index in [0.29, 0.717) is 22.4 Å². The molecule has 0 fully saturated rings. The van der Waals surface area contributed by atoms with Crippen molar-refractivity contribution in [2.24, 2.45) is 0 Å². The van der Waals surface area contributed by atoms with E-state index >= 15 is 0 Å². The van der Waals surface area contributed by atoms with E-state index in [1.54, 1.807) is 31.4 Å². The molecule has 0 bridgehead atoms. The molecule has 0 spiro atoms. The second kappa shape index (κ2) is 9.15. The topological polar surface area (TPSA) is 63.2 Å². The summed E-state index contributed by atoms with van der Waals surface area (Å²) in [5, 5.41) is 6.54. The minimum Gasteiger partial charge on any atom is -0.497 e. The Kier molecular flexibility index (Phi) is 6.61. The van der Waals surface area contributed by atoms with Gasteiger partial charge < -0.3 is 10.1 Å². The van der Waals surface area contributed by atoms with E-state index in [0.717, 1.165) is 16.1 Å². The number of anilines is 1. The number of amides is 1. The number of nitrogens with zero attached hydrogens (tertiary/aromatic N) is 1. The molecule has 5 nitrogen and oxygen atoms in total. The highest BCUT2D eigenvalue weighted by Gasteiger charge is 2.13. The molecule has 0 aliphatic heterocycles. The summed E-state index contributed by atoms with van der Waals surface area (Å²) in [6.45, 7) is 6.37. The number of thiazole rings is 1. The van der Waals surface area contributed by atoms with Crippen LogP contribution in [0.15, 0.2) is 48.5 Å². The fraction of sp³-hybridized carbons (Fsp3) is 0.227. The highest BCUT2D eigenvalue weighted by atomic mass is 32.1. The van der Waals surface area contributed by atoms with Crippen LogP contribution >= 0.6 is 23.6 Å². The Bertz CT molecular complexity index is 1010. The van der Waals surface area contributed by atoms with E-state index in [-0.39, 0.29) is 11.0 Å². The summed E-state index contributed by atoms with van der Waals surface area (Å²) >= 11 is 6.77. The predicted molar refractivity (Wildman–Crippen MR) is 123 cm³/mol. The maximum atomic E-state index is 12.3. The lowest BCUT2D eigenvalue weighted by Crippen LogP contribution is -2.34. The van der Waals surface area contributed by atoms with Crippen LogP contribution in [0.1, 0.15) is 40.6 Å². The van der Waals surface area contributed by atoms with Gasteiger partial charge in [0.05, 0.1) is 12.8 Å². The third kappa shape index (κ3) is 5.19. The van der Waals surface area contributed by atoms with Gasteiger partial charge in [0.25, 0.3) is 5.91 Å². The lowest BCUT2D eigenvalue weighted by molar-refractivity contribution is 0.0977. The van der Waals surface area contributed by atoms with Gasteiger partial charge in [-0.2, -0.15) is 0 Å². The molecule has 2 aromatic carbocycles. The molecule has 150 valence electrons. The minimum atomic E-state index is -0.289. The summed E-state index contributed by atoms with van der Waals surface area (Å²) < 4.78 is 5.10. The fourth-order valence-corrected chi connectivity index (χ4v) is 3.88. The van der Waals surface area contributed by atoms with Crippen molar-refractivity contribution < 1.29 is 9.53 Å². The number of carbonyl (C=O) groups excluding carboxylic acids is 1. The molecule has 0 radical (unpaired) electrons. The van der Waals surface area contributed by atoms with E-state index in [4.69, 9.17) is 17.0 Å². The van der Waals surface area contributed by atoms with E-state index in [9.17, 15) is 4.79 Å². The normalized spacial score (nSPS) is 10.7. The third-order valence-corrected chi connectivity index (χ3v) is 5.54. The average molecular weight is 426 g/mol. The molecule has 2 N–H and O–H groups in total. The number of rotatable bonds is 5. The molecule has 3 rings (SSSR count). The first kappa shape index (κ1) is 21.0. The number of methoxy groups -OCH3 is 1. The zero-order valence-electron chi connectivity index (χ0n) is 16.8. The SMILES string of the molecule is COc1ccc(C(=O)NC(=S)Nc2nc(-c3ccc(C(C)C)cc3)c(C)s2)cc1. The number of aryl methyl sites for hydroxylation is 1. The highest BCUT2D eigenvalue weighted by Crippen LogP contribution is 2.31. The summed E-state index contributed by atoms with van der Waals surface area (Å²) in [6, 6.07) is 15.3. The Morgan fingerprint density at radius 3 is 2.34 bits per heavy atom. The van der Waals surface area contributed by atoms with E-state index < -0.39 is 0 Å². The van der Waals surface area contributed by atoms with E-state index in [2.05, 4.69) is 53.7 Å². The number of hydrogen-bond acceptors (Lipinski definition) is 5. The van der Waals surface area contributed by atoms with Crippen molar-refractivity contribution in [1.29, 1.82) is 0 Å². The largest absolute Gasteiger partial charge is 0.497 e. The van der Waals surface area contributed by atoms with Crippen LogP contribution in [-0.2, 0) is 0 Å². The van der Waals surface area contributed by atoms with Crippen LogP contribution in [0.5, 0.6) is 5.75 Å².